The molecule has 2 heterocycles. The topological polar surface area (TPSA) is 85.7 Å². The number of aryl methyl sites for hydroxylation is 1. The van der Waals surface area contributed by atoms with E-state index >= 15 is 0 Å². The van der Waals surface area contributed by atoms with Crippen molar-refractivity contribution in [2.45, 2.75) is 13.5 Å². The number of nitrogens with zero attached hydrogens (tertiary/aromatic N) is 4. The number of benzene rings is 1. The third-order valence-electron chi connectivity index (χ3n) is 2.88. The lowest BCUT2D eigenvalue weighted by molar-refractivity contribution is 0.101. The van der Waals surface area contributed by atoms with E-state index in [2.05, 4.69) is 20.3 Å². The maximum atomic E-state index is 11.5. The molecule has 0 aliphatic rings. The van der Waals surface area contributed by atoms with E-state index in [1.807, 2.05) is 12.1 Å². The van der Waals surface area contributed by atoms with Crippen LogP contribution >= 0.6 is 0 Å². The molecular formula is C13H13N5O2. The molecule has 0 atom stereocenters. The van der Waals surface area contributed by atoms with Gasteiger partial charge in [-0.15, -0.1) is 0 Å². The normalized spacial score (nSPS) is 10.9. The van der Waals surface area contributed by atoms with Gasteiger partial charge in [0.1, 0.15) is 24.4 Å². The molecule has 0 aliphatic heterocycles. The predicted molar refractivity (Wildman–Crippen MR) is 71.4 cm³/mol. The Labute approximate surface area is 114 Å². The molecule has 20 heavy (non-hydrogen) atoms. The van der Waals surface area contributed by atoms with Crippen molar-refractivity contribution in [3.63, 3.8) is 0 Å². The number of carbonyl (C=O) groups excluding carboxylic acids is 1. The predicted octanol–water partition coefficient (Wildman–Crippen LogP) is 1.47. The Morgan fingerprint density at radius 2 is 2.30 bits per heavy atom. The van der Waals surface area contributed by atoms with Gasteiger partial charge in [0.15, 0.2) is 11.6 Å². The molecule has 102 valence electrons. The zero-order chi connectivity index (χ0) is 14.1. The second-order valence-corrected chi connectivity index (χ2v) is 4.46. The van der Waals surface area contributed by atoms with Gasteiger partial charge in [-0.25, -0.2) is 4.98 Å². The van der Waals surface area contributed by atoms with Crippen molar-refractivity contribution in [2.24, 2.45) is 7.05 Å². The van der Waals surface area contributed by atoms with Gasteiger partial charge in [0, 0.05) is 19.4 Å². The Bertz CT molecular complexity index is 774. The number of aromatic amines is 1. The number of ether oxygens (including phenoxy) is 1. The molecule has 0 radical (unpaired) electrons. The number of aromatic nitrogens is 5. The van der Waals surface area contributed by atoms with Crippen LogP contribution in [0.4, 0.5) is 0 Å². The Morgan fingerprint density at radius 3 is 3.00 bits per heavy atom. The number of H-pyrrole nitrogens is 1. The van der Waals surface area contributed by atoms with Gasteiger partial charge in [-0.3, -0.25) is 14.6 Å². The van der Waals surface area contributed by atoms with Crippen LogP contribution in [0.3, 0.4) is 0 Å². The Hall–Kier alpha value is -2.70. The van der Waals surface area contributed by atoms with E-state index in [1.165, 1.54) is 6.92 Å². The number of hydrogen-bond acceptors (Lipinski definition) is 5. The molecule has 0 spiro atoms. The molecular weight excluding hydrogens is 258 g/mol. The second-order valence-electron chi connectivity index (χ2n) is 4.46. The van der Waals surface area contributed by atoms with Gasteiger partial charge in [0.2, 0.25) is 0 Å². The van der Waals surface area contributed by atoms with Gasteiger partial charge >= 0.3 is 0 Å². The SMILES string of the molecule is CC(=O)c1n[nH]c2ccc(OCc3ncn(C)n3)cc12. The molecule has 3 rings (SSSR count). The highest BCUT2D eigenvalue weighted by Crippen LogP contribution is 2.22. The fraction of sp³-hybridized carbons (Fsp3) is 0.231. The largest absolute Gasteiger partial charge is 0.486 e. The molecule has 0 unspecified atom stereocenters. The highest BCUT2D eigenvalue weighted by Gasteiger charge is 2.11. The molecule has 0 aliphatic carbocycles. The van der Waals surface area contributed by atoms with E-state index in [4.69, 9.17) is 4.74 Å². The molecule has 0 saturated carbocycles. The summed E-state index contributed by atoms with van der Waals surface area (Å²) in [6, 6.07) is 5.43. The summed E-state index contributed by atoms with van der Waals surface area (Å²) in [6.45, 7) is 1.76. The van der Waals surface area contributed by atoms with Gasteiger partial charge in [0.25, 0.3) is 0 Å². The fourth-order valence-corrected chi connectivity index (χ4v) is 1.95. The first kappa shape index (κ1) is 12.3. The average Bonchev–Trinajstić information content (AvgIpc) is 3.01. The lowest BCUT2D eigenvalue weighted by atomic mass is 10.1. The van der Waals surface area contributed by atoms with Crippen molar-refractivity contribution < 1.29 is 9.53 Å². The summed E-state index contributed by atoms with van der Waals surface area (Å²) >= 11 is 0. The van der Waals surface area contributed by atoms with Crippen LogP contribution < -0.4 is 4.74 Å². The second kappa shape index (κ2) is 4.76. The van der Waals surface area contributed by atoms with Crippen molar-refractivity contribution >= 4 is 16.7 Å². The molecule has 2 aromatic heterocycles. The van der Waals surface area contributed by atoms with Gasteiger partial charge < -0.3 is 4.74 Å². The summed E-state index contributed by atoms with van der Waals surface area (Å²) in [5, 5.41) is 11.7. The molecule has 3 aromatic rings. The van der Waals surface area contributed by atoms with Crippen LogP contribution in [0.5, 0.6) is 5.75 Å². The van der Waals surface area contributed by atoms with Gasteiger partial charge in [0.05, 0.1) is 5.52 Å². The number of fused-ring (bicyclic) bond motifs is 1. The summed E-state index contributed by atoms with van der Waals surface area (Å²) < 4.78 is 7.24. The maximum Gasteiger partial charge on any atom is 0.188 e. The summed E-state index contributed by atoms with van der Waals surface area (Å²) in [5.74, 6) is 1.17. The lowest BCUT2D eigenvalue weighted by Gasteiger charge is -2.03. The summed E-state index contributed by atoms with van der Waals surface area (Å²) in [6.07, 6.45) is 1.62. The Kier molecular flexibility index (Phi) is 2.94. The summed E-state index contributed by atoms with van der Waals surface area (Å²) in [4.78, 5) is 15.6. The van der Waals surface area contributed by atoms with Crippen molar-refractivity contribution in [1.29, 1.82) is 0 Å². The summed E-state index contributed by atoms with van der Waals surface area (Å²) in [7, 11) is 1.80. The average molecular weight is 271 g/mol. The number of nitrogens with one attached hydrogen (secondary N) is 1. The van der Waals surface area contributed by atoms with E-state index in [-0.39, 0.29) is 12.4 Å². The number of ketones is 1. The molecule has 1 aromatic carbocycles. The quantitative estimate of drug-likeness (QED) is 0.726. The highest BCUT2D eigenvalue weighted by molar-refractivity contribution is 6.04. The molecule has 0 bridgehead atoms. The summed E-state index contributed by atoms with van der Waals surface area (Å²) in [5.41, 5.74) is 1.22. The standard InChI is InChI=1S/C13H13N5O2/c1-8(19)13-10-5-9(3-4-11(10)15-16-13)20-6-12-14-7-18(2)17-12/h3-5,7H,6H2,1-2H3,(H,15,16). The minimum absolute atomic E-state index is 0.0835. The Morgan fingerprint density at radius 1 is 1.45 bits per heavy atom. The van der Waals surface area contributed by atoms with Gasteiger partial charge in [-0.2, -0.15) is 10.2 Å². The van der Waals surface area contributed by atoms with E-state index in [1.54, 1.807) is 24.1 Å². The lowest BCUT2D eigenvalue weighted by Crippen LogP contribution is -1.99. The molecule has 0 saturated heterocycles. The van der Waals surface area contributed by atoms with E-state index in [0.29, 0.717) is 17.3 Å². The van der Waals surface area contributed by atoms with E-state index in [9.17, 15) is 4.79 Å². The fourth-order valence-electron chi connectivity index (χ4n) is 1.95. The van der Waals surface area contributed by atoms with Crippen LogP contribution in [0.25, 0.3) is 10.9 Å². The van der Waals surface area contributed by atoms with Crippen molar-refractivity contribution in [3.05, 3.63) is 36.0 Å². The minimum atomic E-state index is -0.0835. The number of hydrogen-bond donors (Lipinski definition) is 1. The van der Waals surface area contributed by atoms with Gasteiger partial charge in [-0.1, -0.05) is 0 Å². The molecule has 1 N–H and O–H groups in total. The molecule has 7 heteroatoms. The first-order chi connectivity index (χ1) is 9.63. The Balaban J connectivity index is 1.84. The first-order valence-corrected chi connectivity index (χ1v) is 6.10. The highest BCUT2D eigenvalue weighted by atomic mass is 16.5. The van der Waals surface area contributed by atoms with Crippen LogP contribution in [-0.2, 0) is 13.7 Å². The zero-order valence-corrected chi connectivity index (χ0v) is 11.1. The van der Waals surface area contributed by atoms with Crippen LogP contribution in [-0.4, -0.2) is 30.7 Å². The minimum Gasteiger partial charge on any atom is -0.486 e. The number of Topliss-reactive ketones (excluding diaryl/α,β-unsaturated/α-hetero) is 1. The molecule has 7 nitrogen and oxygen atoms in total. The first-order valence-electron chi connectivity index (χ1n) is 6.10. The van der Waals surface area contributed by atoms with Crippen LogP contribution in [0, 0.1) is 0 Å². The zero-order valence-electron chi connectivity index (χ0n) is 11.1. The van der Waals surface area contributed by atoms with Crippen molar-refractivity contribution in [1.82, 2.24) is 25.0 Å². The number of rotatable bonds is 4. The van der Waals surface area contributed by atoms with Crippen LogP contribution in [0.1, 0.15) is 23.2 Å². The van der Waals surface area contributed by atoms with Crippen molar-refractivity contribution in [3.8, 4) is 5.75 Å². The van der Waals surface area contributed by atoms with E-state index in [0.717, 1.165) is 10.9 Å². The third kappa shape index (κ3) is 2.25. The third-order valence-corrected chi connectivity index (χ3v) is 2.88. The van der Waals surface area contributed by atoms with Crippen LogP contribution in [0.2, 0.25) is 0 Å². The molecule has 0 fully saturated rings. The monoisotopic (exact) mass is 271 g/mol. The molecule has 0 amide bonds. The van der Waals surface area contributed by atoms with Gasteiger partial charge in [-0.05, 0) is 18.2 Å². The smallest absolute Gasteiger partial charge is 0.188 e. The van der Waals surface area contributed by atoms with Crippen LogP contribution in [0.15, 0.2) is 24.5 Å². The maximum absolute atomic E-state index is 11.5. The van der Waals surface area contributed by atoms with Crippen molar-refractivity contribution in [2.75, 3.05) is 0 Å². The van der Waals surface area contributed by atoms with E-state index < -0.39 is 0 Å². The number of carbonyl (C=O) groups is 1.